The molecule has 0 aliphatic rings. The van der Waals surface area contributed by atoms with Crippen LogP contribution in [0.2, 0.25) is 0 Å². The van der Waals surface area contributed by atoms with Gasteiger partial charge in [-0.2, -0.15) is 11.3 Å². The minimum atomic E-state index is -0.252. The minimum Gasteiger partial charge on any atom is -0.305 e. The Morgan fingerprint density at radius 1 is 1.25 bits per heavy atom. The van der Waals surface area contributed by atoms with E-state index in [0.717, 1.165) is 15.0 Å². The van der Waals surface area contributed by atoms with E-state index >= 15 is 0 Å². The highest BCUT2D eigenvalue weighted by Gasteiger charge is 2.12. The zero-order chi connectivity index (χ0) is 13.9. The molecule has 0 aromatic carbocycles. The van der Waals surface area contributed by atoms with Crippen molar-refractivity contribution in [3.63, 3.8) is 0 Å². The minimum absolute atomic E-state index is 0.252. The van der Waals surface area contributed by atoms with E-state index in [1.54, 1.807) is 29.0 Å². The molecule has 3 aromatic heterocycles. The number of hydrogen-bond acceptors (Lipinski definition) is 5. The summed E-state index contributed by atoms with van der Waals surface area (Å²) >= 11 is 6.36. The van der Waals surface area contributed by atoms with E-state index in [-0.39, 0.29) is 5.91 Å². The Bertz CT molecular complexity index is 722. The van der Waals surface area contributed by atoms with Crippen LogP contribution in [0.5, 0.6) is 0 Å². The van der Waals surface area contributed by atoms with Crippen LogP contribution in [0.1, 0.15) is 10.5 Å². The number of pyridine rings is 1. The maximum Gasteiger partial charge on any atom is 0.276 e. The lowest BCUT2D eigenvalue weighted by molar-refractivity contribution is 0.102. The number of amides is 1. The smallest absolute Gasteiger partial charge is 0.276 e. The molecular formula is C13H8BrN3OS2. The van der Waals surface area contributed by atoms with Gasteiger partial charge in [0.05, 0.1) is 0 Å². The van der Waals surface area contributed by atoms with Gasteiger partial charge in [-0.15, -0.1) is 11.3 Å². The topological polar surface area (TPSA) is 54.9 Å². The summed E-state index contributed by atoms with van der Waals surface area (Å²) in [6, 6.07) is 5.54. The summed E-state index contributed by atoms with van der Waals surface area (Å²) in [6.45, 7) is 0. The molecule has 100 valence electrons. The van der Waals surface area contributed by atoms with Crippen LogP contribution in [0.3, 0.4) is 0 Å². The molecule has 7 heteroatoms. The molecule has 0 aliphatic carbocycles. The molecule has 4 nitrogen and oxygen atoms in total. The molecule has 20 heavy (non-hydrogen) atoms. The van der Waals surface area contributed by atoms with E-state index in [1.807, 2.05) is 22.9 Å². The molecule has 0 fully saturated rings. The van der Waals surface area contributed by atoms with Crippen LogP contribution in [-0.4, -0.2) is 15.9 Å². The number of carbonyl (C=O) groups excluding carboxylic acids is 1. The Morgan fingerprint density at radius 2 is 2.15 bits per heavy atom. The molecule has 3 aromatic rings. The third-order valence-electron chi connectivity index (χ3n) is 2.47. The van der Waals surface area contributed by atoms with Crippen molar-refractivity contribution >= 4 is 50.3 Å². The molecule has 0 bridgehead atoms. The number of carbonyl (C=O) groups is 1. The Balaban J connectivity index is 1.76. The summed E-state index contributed by atoms with van der Waals surface area (Å²) in [5.74, 6) is 0.251. The SMILES string of the molecule is O=C(Nc1ccc(Br)cn1)c1csc(-c2ccsc2)n1. The van der Waals surface area contributed by atoms with Gasteiger partial charge < -0.3 is 5.32 Å². The maximum absolute atomic E-state index is 12.1. The number of nitrogens with zero attached hydrogens (tertiary/aromatic N) is 2. The summed E-state index contributed by atoms with van der Waals surface area (Å²) < 4.78 is 0.865. The fraction of sp³-hybridized carbons (Fsp3) is 0. The lowest BCUT2D eigenvalue weighted by Gasteiger charge is -2.01. The van der Waals surface area contributed by atoms with E-state index in [1.165, 1.54) is 11.3 Å². The van der Waals surface area contributed by atoms with Gasteiger partial charge in [0, 0.05) is 27.0 Å². The monoisotopic (exact) mass is 365 g/mol. The number of rotatable bonds is 3. The molecule has 0 radical (unpaired) electrons. The van der Waals surface area contributed by atoms with Crippen molar-refractivity contribution in [2.24, 2.45) is 0 Å². The van der Waals surface area contributed by atoms with E-state index < -0.39 is 0 Å². The number of thiazole rings is 1. The molecule has 0 atom stereocenters. The fourth-order valence-electron chi connectivity index (χ4n) is 1.53. The summed E-state index contributed by atoms with van der Waals surface area (Å²) in [6.07, 6.45) is 1.63. The van der Waals surface area contributed by atoms with Crippen molar-refractivity contribution < 1.29 is 4.79 Å². The molecule has 0 aliphatic heterocycles. The highest BCUT2D eigenvalue weighted by Crippen LogP contribution is 2.25. The first-order valence-corrected chi connectivity index (χ1v) is 8.25. The summed E-state index contributed by atoms with van der Waals surface area (Å²) in [7, 11) is 0. The highest BCUT2D eigenvalue weighted by molar-refractivity contribution is 9.10. The van der Waals surface area contributed by atoms with E-state index in [0.29, 0.717) is 11.5 Å². The summed E-state index contributed by atoms with van der Waals surface area (Å²) in [5.41, 5.74) is 1.45. The maximum atomic E-state index is 12.1. The number of nitrogens with one attached hydrogen (secondary N) is 1. The Labute approximate surface area is 131 Å². The number of hydrogen-bond donors (Lipinski definition) is 1. The van der Waals surface area contributed by atoms with Crippen LogP contribution >= 0.6 is 38.6 Å². The van der Waals surface area contributed by atoms with Gasteiger partial charge >= 0.3 is 0 Å². The van der Waals surface area contributed by atoms with Gasteiger partial charge in [0.2, 0.25) is 0 Å². The van der Waals surface area contributed by atoms with Crippen LogP contribution in [0.4, 0.5) is 5.82 Å². The molecule has 0 saturated carbocycles. The van der Waals surface area contributed by atoms with Gasteiger partial charge in [0.25, 0.3) is 5.91 Å². The van der Waals surface area contributed by atoms with Crippen LogP contribution in [0.15, 0.2) is 45.0 Å². The van der Waals surface area contributed by atoms with Crippen LogP contribution in [-0.2, 0) is 0 Å². The van der Waals surface area contributed by atoms with Crippen molar-refractivity contribution in [2.45, 2.75) is 0 Å². The van der Waals surface area contributed by atoms with Gasteiger partial charge in [-0.05, 0) is 39.5 Å². The quantitative estimate of drug-likeness (QED) is 0.753. The molecule has 3 heterocycles. The Kier molecular flexibility index (Phi) is 3.90. The van der Waals surface area contributed by atoms with E-state index in [4.69, 9.17) is 0 Å². The van der Waals surface area contributed by atoms with Crippen molar-refractivity contribution in [3.8, 4) is 10.6 Å². The standard InChI is InChI=1S/C13H8BrN3OS2/c14-9-1-2-11(15-5-9)17-12(18)10-7-20-13(16-10)8-3-4-19-6-8/h1-7H,(H,15,17,18). The zero-order valence-corrected chi connectivity index (χ0v) is 13.3. The number of halogens is 1. The lowest BCUT2D eigenvalue weighted by atomic mass is 10.3. The molecule has 1 amide bonds. The van der Waals surface area contributed by atoms with Gasteiger partial charge in [-0.25, -0.2) is 9.97 Å². The van der Waals surface area contributed by atoms with Crippen LogP contribution < -0.4 is 5.32 Å². The third-order valence-corrected chi connectivity index (χ3v) is 4.52. The van der Waals surface area contributed by atoms with Gasteiger partial charge in [-0.1, -0.05) is 0 Å². The first kappa shape index (κ1) is 13.4. The normalized spacial score (nSPS) is 10.4. The number of anilines is 1. The average molecular weight is 366 g/mol. The zero-order valence-electron chi connectivity index (χ0n) is 10.0. The second-order valence-corrected chi connectivity index (χ2v) is 6.42. The molecule has 0 saturated heterocycles. The van der Waals surface area contributed by atoms with Crippen molar-refractivity contribution in [3.05, 3.63) is 50.7 Å². The first-order valence-electron chi connectivity index (χ1n) is 5.63. The van der Waals surface area contributed by atoms with Crippen molar-refractivity contribution in [1.82, 2.24) is 9.97 Å². The third kappa shape index (κ3) is 2.95. The molecular weight excluding hydrogens is 358 g/mol. The van der Waals surface area contributed by atoms with Gasteiger partial charge in [0.1, 0.15) is 16.5 Å². The molecule has 0 unspecified atom stereocenters. The van der Waals surface area contributed by atoms with Crippen molar-refractivity contribution in [2.75, 3.05) is 5.32 Å². The first-order chi connectivity index (χ1) is 9.72. The van der Waals surface area contributed by atoms with Crippen molar-refractivity contribution in [1.29, 1.82) is 0 Å². The fourth-order valence-corrected chi connectivity index (χ4v) is 3.27. The van der Waals surface area contributed by atoms with E-state index in [2.05, 4.69) is 31.2 Å². The second kappa shape index (κ2) is 5.82. The largest absolute Gasteiger partial charge is 0.305 e. The van der Waals surface area contributed by atoms with Gasteiger partial charge in [-0.3, -0.25) is 4.79 Å². The predicted octanol–water partition coefficient (Wildman–Crippen LogP) is 4.28. The van der Waals surface area contributed by atoms with Crippen LogP contribution in [0, 0.1) is 0 Å². The number of aromatic nitrogens is 2. The molecule has 3 rings (SSSR count). The number of thiophene rings is 1. The summed E-state index contributed by atoms with van der Waals surface area (Å²) in [5, 5.41) is 9.32. The second-order valence-electron chi connectivity index (χ2n) is 3.87. The van der Waals surface area contributed by atoms with E-state index in [9.17, 15) is 4.79 Å². The Hall–Kier alpha value is -1.57. The summed E-state index contributed by atoms with van der Waals surface area (Å²) in [4.78, 5) is 20.5. The molecule has 0 spiro atoms. The average Bonchev–Trinajstić information content (AvgIpc) is 3.11. The molecule has 1 N–H and O–H groups in total. The lowest BCUT2D eigenvalue weighted by Crippen LogP contribution is -2.13. The van der Waals surface area contributed by atoms with Gasteiger partial charge in [0.15, 0.2) is 0 Å². The highest BCUT2D eigenvalue weighted by atomic mass is 79.9. The van der Waals surface area contributed by atoms with Crippen LogP contribution in [0.25, 0.3) is 10.6 Å². The Morgan fingerprint density at radius 3 is 2.85 bits per heavy atom. The predicted molar refractivity (Wildman–Crippen MR) is 85.3 cm³/mol.